The van der Waals surface area contributed by atoms with Gasteiger partial charge in [0.05, 0.1) is 17.0 Å². The quantitative estimate of drug-likeness (QED) is 0.384. The van der Waals surface area contributed by atoms with Crippen molar-refractivity contribution in [3.05, 3.63) is 83.0 Å². The normalized spacial score (nSPS) is 14.5. The number of benzene rings is 2. The molecule has 0 unspecified atom stereocenters. The molecule has 3 aromatic rings. The van der Waals surface area contributed by atoms with Crippen molar-refractivity contribution in [2.24, 2.45) is 5.41 Å². The second-order valence-corrected chi connectivity index (χ2v) is 9.45. The number of hydrogen-bond acceptors (Lipinski definition) is 5. The first-order valence-corrected chi connectivity index (χ1v) is 11.1. The number of aromatic nitrogens is 1. The molecule has 0 fully saturated rings. The molecule has 0 spiro atoms. The van der Waals surface area contributed by atoms with Gasteiger partial charge in [-0.3, -0.25) is 9.59 Å². The smallest absolute Gasteiger partial charge is 0.173 e. The van der Waals surface area contributed by atoms with E-state index in [1.54, 1.807) is 12.1 Å². The Bertz CT molecular complexity index is 1200. The largest absolute Gasteiger partial charge is 0.294 e. The van der Waals surface area contributed by atoms with Crippen molar-refractivity contribution in [3.63, 3.8) is 0 Å². The molecule has 5 heteroatoms. The van der Waals surface area contributed by atoms with Gasteiger partial charge in [0.15, 0.2) is 11.6 Å². The van der Waals surface area contributed by atoms with Crippen LogP contribution in [0.4, 0.5) is 0 Å². The van der Waals surface area contributed by atoms with Crippen molar-refractivity contribution in [2.45, 2.75) is 31.7 Å². The molecule has 0 bridgehead atoms. The maximum atomic E-state index is 13.1. The van der Waals surface area contributed by atoms with E-state index in [4.69, 9.17) is 4.98 Å². The van der Waals surface area contributed by atoms with Gasteiger partial charge in [-0.05, 0) is 17.4 Å². The zero-order chi connectivity index (χ0) is 22.0. The number of hydrogen-bond donors (Lipinski definition) is 0. The highest BCUT2D eigenvalue weighted by Gasteiger charge is 2.36. The maximum absolute atomic E-state index is 13.1. The van der Waals surface area contributed by atoms with Gasteiger partial charge >= 0.3 is 0 Å². The lowest BCUT2D eigenvalue weighted by molar-refractivity contribution is 0.0909. The van der Waals surface area contributed by atoms with Crippen LogP contribution in [0, 0.1) is 16.7 Å². The van der Waals surface area contributed by atoms with Crippen molar-refractivity contribution < 1.29 is 9.59 Å². The van der Waals surface area contributed by atoms with Gasteiger partial charge < -0.3 is 0 Å². The number of fused-ring (bicyclic) bond motifs is 1. The van der Waals surface area contributed by atoms with Crippen LogP contribution in [-0.2, 0) is 6.42 Å². The zero-order valence-electron chi connectivity index (χ0n) is 17.5. The third-order valence-corrected chi connectivity index (χ3v) is 6.39. The van der Waals surface area contributed by atoms with Gasteiger partial charge in [0.1, 0.15) is 11.1 Å². The van der Waals surface area contributed by atoms with Crippen LogP contribution in [0.3, 0.4) is 0 Å². The molecule has 0 saturated carbocycles. The Morgan fingerprint density at radius 3 is 2.32 bits per heavy atom. The third kappa shape index (κ3) is 4.30. The van der Waals surface area contributed by atoms with E-state index in [-0.39, 0.29) is 22.7 Å². The van der Waals surface area contributed by atoms with Gasteiger partial charge in [-0.25, -0.2) is 4.98 Å². The summed E-state index contributed by atoms with van der Waals surface area (Å²) in [6.45, 7) is 4.11. The number of carbonyl (C=O) groups excluding carboxylic acids is 2. The van der Waals surface area contributed by atoms with Crippen LogP contribution in [0.5, 0.6) is 0 Å². The predicted octanol–water partition coefficient (Wildman–Crippen LogP) is 5.75. The summed E-state index contributed by atoms with van der Waals surface area (Å²) < 4.78 is 0. The lowest BCUT2D eigenvalue weighted by Gasteiger charge is -2.31. The van der Waals surface area contributed by atoms with Crippen LogP contribution in [0.1, 0.15) is 52.2 Å². The molecule has 0 amide bonds. The molecular weight excluding hydrogens is 404 g/mol. The van der Waals surface area contributed by atoms with Crippen molar-refractivity contribution in [1.82, 2.24) is 4.98 Å². The number of Topliss-reactive ketones (excluding diaryl/α,β-unsaturated/α-hetero) is 2. The second-order valence-electron chi connectivity index (χ2n) is 8.49. The lowest BCUT2D eigenvalue weighted by Crippen LogP contribution is -2.29. The molecule has 31 heavy (non-hydrogen) atoms. The fourth-order valence-corrected chi connectivity index (χ4v) is 4.92. The minimum Gasteiger partial charge on any atom is -0.294 e. The number of ketones is 2. The van der Waals surface area contributed by atoms with E-state index in [1.807, 2.05) is 48.5 Å². The van der Waals surface area contributed by atoms with Gasteiger partial charge in [-0.2, -0.15) is 5.26 Å². The summed E-state index contributed by atoms with van der Waals surface area (Å²) in [5.74, 6) is 0.174. The summed E-state index contributed by atoms with van der Waals surface area (Å²) in [6.07, 6.45) is 1.07. The van der Waals surface area contributed by atoms with Gasteiger partial charge in [-0.15, -0.1) is 0 Å². The third-order valence-electron chi connectivity index (χ3n) is 5.41. The summed E-state index contributed by atoms with van der Waals surface area (Å²) in [7, 11) is 0. The molecule has 4 rings (SSSR count). The molecule has 154 valence electrons. The first-order chi connectivity index (χ1) is 14.9. The van der Waals surface area contributed by atoms with E-state index in [9.17, 15) is 14.9 Å². The lowest BCUT2D eigenvalue weighted by atomic mass is 9.73. The van der Waals surface area contributed by atoms with Crippen LogP contribution in [-0.4, -0.2) is 22.3 Å². The predicted molar refractivity (Wildman–Crippen MR) is 122 cm³/mol. The number of rotatable bonds is 5. The molecule has 1 heterocycles. The molecule has 2 aromatic carbocycles. The molecule has 1 aliphatic carbocycles. The fraction of sp³-hybridized carbons (Fsp3) is 0.231. The average molecular weight is 427 g/mol. The SMILES string of the molecule is CC1(C)CC(=O)c2c(nc(SCC(=O)c3ccccc3)c(C#N)c2-c2ccccc2)C1. The monoisotopic (exact) mass is 426 g/mol. The minimum atomic E-state index is -0.193. The standard InChI is InChI=1S/C26H22N2O2S/c1-26(2)13-20-24(21(29)14-26)23(18-11-7-4-8-12-18)19(15-27)25(28-20)31-16-22(30)17-9-5-3-6-10-17/h3-12H,13-14,16H2,1-2H3. The summed E-state index contributed by atoms with van der Waals surface area (Å²) in [4.78, 5) is 30.5. The van der Waals surface area contributed by atoms with Crippen LogP contribution >= 0.6 is 11.8 Å². The van der Waals surface area contributed by atoms with Crippen LogP contribution in [0.15, 0.2) is 65.7 Å². The van der Waals surface area contributed by atoms with E-state index in [1.165, 1.54) is 11.8 Å². The van der Waals surface area contributed by atoms with Gasteiger partial charge in [0, 0.05) is 23.1 Å². The van der Waals surface area contributed by atoms with E-state index < -0.39 is 0 Å². The van der Waals surface area contributed by atoms with Crippen molar-refractivity contribution in [1.29, 1.82) is 5.26 Å². The first-order valence-electron chi connectivity index (χ1n) is 10.2. The van der Waals surface area contributed by atoms with Crippen LogP contribution < -0.4 is 0 Å². The number of thioether (sulfide) groups is 1. The molecular formula is C26H22N2O2S. The molecule has 0 atom stereocenters. The highest BCUT2D eigenvalue weighted by molar-refractivity contribution is 8.00. The summed E-state index contributed by atoms with van der Waals surface area (Å²) in [5, 5.41) is 10.5. The Kier molecular flexibility index (Phi) is 5.75. The van der Waals surface area contributed by atoms with Crippen molar-refractivity contribution in [3.8, 4) is 17.2 Å². The molecule has 1 aromatic heterocycles. The Labute approximate surface area is 186 Å². The molecule has 0 saturated heterocycles. The van der Waals surface area contributed by atoms with Gasteiger partial charge in [0.25, 0.3) is 0 Å². The number of nitrogens with zero attached hydrogens (tertiary/aromatic N) is 2. The van der Waals surface area contributed by atoms with Crippen molar-refractivity contribution in [2.75, 3.05) is 5.75 Å². The molecule has 1 aliphatic rings. The van der Waals surface area contributed by atoms with Gasteiger partial charge in [0.2, 0.25) is 0 Å². The zero-order valence-corrected chi connectivity index (χ0v) is 18.3. The maximum Gasteiger partial charge on any atom is 0.173 e. The van der Waals surface area contributed by atoms with Crippen molar-refractivity contribution >= 4 is 23.3 Å². The van der Waals surface area contributed by atoms with E-state index in [0.717, 1.165) is 5.56 Å². The first kappa shape index (κ1) is 21.0. The summed E-state index contributed by atoms with van der Waals surface area (Å²) in [5.41, 5.74) is 3.54. The fourth-order valence-electron chi connectivity index (χ4n) is 4.02. The second kappa shape index (κ2) is 8.49. The van der Waals surface area contributed by atoms with Crippen LogP contribution in [0.2, 0.25) is 0 Å². The Morgan fingerprint density at radius 1 is 1.03 bits per heavy atom. The average Bonchev–Trinajstić information content (AvgIpc) is 2.76. The van der Waals surface area contributed by atoms with Gasteiger partial charge in [-0.1, -0.05) is 86.3 Å². The Hall–Kier alpha value is -3.23. The topological polar surface area (TPSA) is 70.8 Å². The highest BCUT2D eigenvalue weighted by Crippen LogP contribution is 2.42. The summed E-state index contributed by atoms with van der Waals surface area (Å²) >= 11 is 1.26. The Morgan fingerprint density at radius 2 is 1.68 bits per heavy atom. The minimum absolute atomic E-state index is 0.0195. The number of nitriles is 1. The number of pyridine rings is 1. The van der Waals surface area contributed by atoms with Crippen LogP contribution in [0.25, 0.3) is 11.1 Å². The highest BCUT2D eigenvalue weighted by atomic mass is 32.2. The summed E-state index contributed by atoms with van der Waals surface area (Å²) in [6, 6.07) is 20.9. The molecule has 4 nitrogen and oxygen atoms in total. The van der Waals surface area contributed by atoms with E-state index in [0.29, 0.717) is 45.8 Å². The molecule has 0 aliphatic heterocycles. The van der Waals surface area contributed by atoms with E-state index in [2.05, 4.69) is 19.9 Å². The molecule has 0 radical (unpaired) electrons. The Balaban J connectivity index is 1.82. The van der Waals surface area contributed by atoms with E-state index >= 15 is 0 Å². The molecule has 0 N–H and O–H groups in total. The number of carbonyl (C=O) groups is 2.